The van der Waals surface area contributed by atoms with E-state index in [-0.39, 0.29) is 43.1 Å². The highest BCUT2D eigenvalue weighted by Crippen LogP contribution is 2.22. The lowest BCUT2D eigenvalue weighted by atomic mass is 10.1. The second-order valence-electron chi connectivity index (χ2n) is 6.70. The Bertz CT molecular complexity index is 955. The van der Waals surface area contributed by atoms with E-state index >= 15 is 0 Å². The number of aryl methyl sites for hydroxylation is 1. The summed E-state index contributed by atoms with van der Waals surface area (Å²) in [6, 6.07) is 12.1. The quantitative estimate of drug-likeness (QED) is 0.624. The molecule has 29 heavy (non-hydrogen) atoms. The van der Waals surface area contributed by atoms with Gasteiger partial charge in [-0.2, -0.15) is 0 Å². The third-order valence-electron chi connectivity index (χ3n) is 4.55. The highest BCUT2D eigenvalue weighted by molar-refractivity contribution is 9.10. The molecule has 0 spiro atoms. The minimum Gasteiger partial charge on any atom is -0.347 e. The Hall–Kier alpha value is -3.00. The first kappa shape index (κ1) is 20.7. The number of carbonyl (C=O) groups excluding carboxylic acids is 4. The summed E-state index contributed by atoms with van der Waals surface area (Å²) in [6.45, 7) is 1.92. The lowest BCUT2D eigenvalue weighted by Gasteiger charge is -2.13. The molecule has 4 amide bonds. The summed E-state index contributed by atoms with van der Waals surface area (Å²) in [7, 11) is 0. The van der Waals surface area contributed by atoms with Gasteiger partial charge in [-0.25, -0.2) is 0 Å². The molecule has 2 N–H and O–H groups in total. The Kier molecular flexibility index (Phi) is 6.43. The van der Waals surface area contributed by atoms with Crippen LogP contribution in [0.3, 0.4) is 0 Å². The Morgan fingerprint density at radius 3 is 2.28 bits per heavy atom. The number of hydrogen-bond acceptors (Lipinski definition) is 4. The van der Waals surface area contributed by atoms with Crippen LogP contribution in [0.1, 0.15) is 39.1 Å². The van der Waals surface area contributed by atoms with E-state index in [1.165, 1.54) is 0 Å². The average molecular weight is 458 g/mol. The number of halogens is 1. The largest absolute Gasteiger partial charge is 0.347 e. The van der Waals surface area contributed by atoms with E-state index in [1.807, 2.05) is 19.1 Å². The number of rotatable bonds is 7. The van der Waals surface area contributed by atoms with Crippen molar-refractivity contribution in [2.75, 3.05) is 18.4 Å². The molecular formula is C21H20BrN3O4. The van der Waals surface area contributed by atoms with Gasteiger partial charge in [0.25, 0.3) is 11.8 Å². The third kappa shape index (κ3) is 4.89. The van der Waals surface area contributed by atoms with Crippen molar-refractivity contribution in [3.05, 3.63) is 63.6 Å². The monoisotopic (exact) mass is 457 g/mol. The summed E-state index contributed by atoms with van der Waals surface area (Å²) in [4.78, 5) is 49.6. The summed E-state index contributed by atoms with van der Waals surface area (Å²) in [6.07, 6.45) is 0.433. The molecule has 1 aliphatic heterocycles. The van der Waals surface area contributed by atoms with Crippen LogP contribution in [-0.2, 0) is 9.59 Å². The second-order valence-corrected chi connectivity index (χ2v) is 7.55. The van der Waals surface area contributed by atoms with Crippen LogP contribution in [0.25, 0.3) is 0 Å². The van der Waals surface area contributed by atoms with Gasteiger partial charge < -0.3 is 10.6 Å². The molecule has 0 unspecified atom stereocenters. The van der Waals surface area contributed by atoms with Crippen molar-refractivity contribution >= 4 is 45.2 Å². The van der Waals surface area contributed by atoms with Gasteiger partial charge in [0, 0.05) is 23.1 Å². The van der Waals surface area contributed by atoms with Gasteiger partial charge in [0.05, 0.1) is 17.7 Å². The van der Waals surface area contributed by atoms with Crippen molar-refractivity contribution in [1.82, 2.24) is 10.2 Å². The molecule has 150 valence electrons. The third-order valence-corrected chi connectivity index (χ3v) is 5.44. The lowest BCUT2D eigenvalue weighted by molar-refractivity contribution is -0.124. The molecule has 7 nitrogen and oxygen atoms in total. The number of hydrogen-bond donors (Lipinski definition) is 2. The Morgan fingerprint density at radius 2 is 1.66 bits per heavy atom. The zero-order valence-electron chi connectivity index (χ0n) is 15.8. The van der Waals surface area contributed by atoms with Crippen molar-refractivity contribution in [2.45, 2.75) is 19.8 Å². The van der Waals surface area contributed by atoms with Gasteiger partial charge in [0.1, 0.15) is 0 Å². The molecule has 0 aliphatic carbocycles. The van der Waals surface area contributed by atoms with Crippen LogP contribution in [-0.4, -0.2) is 41.6 Å². The molecule has 2 aromatic rings. The first-order chi connectivity index (χ1) is 13.9. The van der Waals surface area contributed by atoms with E-state index < -0.39 is 0 Å². The minimum atomic E-state index is -0.338. The van der Waals surface area contributed by atoms with Gasteiger partial charge >= 0.3 is 0 Å². The molecule has 0 fully saturated rings. The molecule has 3 rings (SSSR count). The van der Waals surface area contributed by atoms with E-state index in [1.54, 1.807) is 30.3 Å². The maximum Gasteiger partial charge on any atom is 0.261 e. The molecule has 0 saturated heterocycles. The second kappa shape index (κ2) is 9.00. The molecule has 0 saturated carbocycles. The van der Waals surface area contributed by atoms with Gasteiger partial charge in [-0.15, -0.1) is 0 Å². The van der Waals surface area contributed by atoms with Crippen molar-refractivity contribution in [2.24, 2.45) is 0 Å². The highest BCUT2D eigenvalue weighted by Gasteiger charge is 2.34. The van der Waals surface area contributed by atoms with Crippen molar-refractivity contribution < 1.29 is 19.2 Å². The molecule has 2 aromatic carbocycles. The fourth-order valence-electron chi connectivity index (χ4n) is 3.03. The van der Waals surface area contributed by atoms with E-state index in [0.717, 1.165) is 14.9 Å². The normalized spacial score (nSPS) is 12.7. The number of nitrogens with one attached hydrogen (secondary N) is 2. The molecule has 0 radical (unpaired) electrons. The molecule has 0 atom stereocenters. The van der Waals surface area contributed by atoms with Crippen LogP contribution in [0.2, 0.25) is 0 Å². The predicted octanol–water partition coefficient (Wildman–Crippen LogP) is 2.89. The van der Waals surface area contributed by atoms with Crippen LogP contribution >= 0.6 is 15.9 Å². The Labute approximate surface area is 176 Å². The van der Waals surface area contributed by atoms with E-state index in [0.29, 0.717) is 23.2 Å². The first-order valence-corrected chi connectivity index (χ1v) is 9.94. The van der Waals surface area contributed by atoms with E-state index in [4.69, 9.17) is 0 Å². The minimum absolute atomic E-state index is 0.109. The zero-order chi connectivity index (χ0) is 21.0. The fourth-order valence-corrected chi connectivity index (χ4v) is 3.28. The maximum atomic E-state index is 12.3. The van der Waals surface area contributed by atoms with E-state index in [2.05, 4.69) is 26.6 Å². The number of imide groups is 1. The van der Waals surface area contributed by atoms with Crippen LogP contribution in [0, 0.1) is 6.92 Å². The summed E-state index contributed by atoms with van der Waals surface area (Å²) >= 11 is 3.39. The SMILES string of the molecule is Cc1cc(NC(=O)CNC(=O)CCCN2C(=O)c3ccccc3C2=O)ccc1Br. The number of amides is 4. The number of carbonyl (C=O) groups is 4. The molecule has 0 aromatic heterocycles. The number of fused-ring (bicyclic) bond motifs is 1. The molecule has 0 bridgehead atoms. The van der Waals surface area contributed by atoms with Gasteiger partial charge in [-0.05, 0) is 49.2 Å². The van der Waals surface area contributed by atoms with Crippen LogP contribution in [0.5, 0.6) is 0 Å². The fraction of sp³-hybridized carbons (Fsp3) is 0.238. The zero-order valence-corrected chi connectivity index (χ0v) is 17.4. The smallest absolute Gasteiger partial charge is 0.261 e. The maximum absolute atomic E-state index is 12.3. The summed E-state index contributed by atoms with van der Waals surface area (Å²) in [5, 5.41) is 5.26. The predicted molar refractivity (Wildman–Crippen MR) is 112 cm³/mol. The standard InChI is InChI=1S/C21H20BrN3O4/c1-13-11-14(8-9-17(13)22)24-19(27)12-23-18(26)7-4-10-25-20(28)15-5-2-3-6-16(15)21(25)29/h2-3,5-6,8-9,11H,4,7,10,12H2,1H3,(H,23,26)(H,24,27). The van der Waals surface area contributed by atoms with Crippen LogP contribution in [0.15, 0.2) is 46.9 Å². The van der Waals surface area contributed by atoms with Gasteiger partial charge in [0.2, 0.25) is 11.8 Å². The Balaban J connectivity index is 1.40. The molecule has 1 aliphatic rings. The summed E-state index contributed by atoms with van der Waals surface area (Å²) in [5.41, 5.74) is 2.42. The number of anilines is 1. The van der Waals surface area contributed by atoms with Crippen molar-refractivity contribution in [1.29, 1.82) is 0 Å². The van der Waals surface area contributed by atoms with Gasteiger partial charge in [-0.3, -0.25) is 24.1 Å². The first-order valence-electron chi connectivity index (χ1n) is 9.14. The Morgan fingerprint density at radius 1 is 1.00 bits per heavy atom. The highest BCUT2D eigenvalue weighted by atomic mass is 79.9. The average Bonchev–Trinajstić information content (AvgIpc) is 2.94. The molecule has 1 heterocycles. The van der Waals surface area contributed by atoms with Crippen molar-refractivity contribution in [3.63, 3.8) is 0 Å². The van der Waals surface area contributed by atoms with Crippen LogP contribution in [0.4, 0.5) is 5.69 Å². The number of benzene rings is 2. The molecule has 8 heteroatoms. The van der Waals surface area contributed by atoms with Gasteiger partial charge in [0.15, 0.2) is 0 Å². The summed E-state index contributed by atoms with van der Waals surface area (Å²) in [5.74, 6) is -1.32. The number of nitrogens with zero attached hydrogens (tertiary/aromatic N) is 1. The lowest BCUT2D eigenvalue weighted by Crippen LogP contribution is -2.34. The topological polar surface area (TPSA) is 95.6 Å². The van der Waals surface area contributed by atoms with Crippen LogP contribution < -0.4 is 10.6 Å². The molecular weight excluding hydrogens is 438 g/mol. The van der Waals surface area contributed by atoms with E-state index in [9.17, 15) is 19.2 Å². The summed E-state index contributed by atoms with van der Waals surface area (Å²) < 4.78 is 0.946. The van der Waals surface area contributed by atoms with Crippen molar-refractivity contribution in [3.8, 4) is 0 Å². The van der Waals surface area contributed by atoms with Gasteiger partial charge in [-0.1, -0.05) is 28.1 Å².